The van der Waals surface area contributed by atoms with Crippen molar-refractivity contribution in [3.05, 3.63) is 10.8 Å². The second-order valence-corrected chi connectivity index (χ2v) is 7.66. The van der Waals surface area contributed by atoms with E-state index in [4.69, 9.17) is 14.0 Å². The smallest absolute Gasteiger partial charge is 1.00 e. The molecule has 0 saturated carbocycles. The van der Waals surface area contributed by atoms with Crippen LogP contribution in [0.3, 0.4) is 0 Å². The molecule has 1 unspecified atom stereocenters. The molecule has 0 amide bonds. The van der Waals surface area contributed by atoms with Gasteiger partial charge in [0, 0.05) is 10.8 Å². The van der Waals surface area contributed by atoms with Crippen molar-refractivity contribution in [3.63, 3.8) is 0 Å². The van der Waals surface area contributed by atoms with Gasteiger partial charge in [0.25, 0.3) is 10.1 Å². The first kappa shape index (κ1) is 20.3. The number of rotatable bonds is 9. The fourth-order valence-corrected chi connectivity index (χ4v) is 3.61. The van der Waals surface area contributed by atoms with Gasteiger partial charge in [-0.15, -0.1) is 11.3 Å². The predicted octanol–water partition coefficient (Wildman–Crippen LogP) is 0.623. The summed E-state index contributed by atoms with van der Waals surface area (Å²) in [5.41, 5.74) is 0. The van der Waals surface area contributed by atoms with Gasteiger partial charge in [-0.1, -0.05) is 25.7 Å². The minimum Gasteiger partial charge on any atom is -1.00 e. The molecular weight excluding hydrogens is 335 g/mol. The van der Waals surface area contributed by atoms with Crippen molar-refractivity contribution in [2.45, 2.75) is 51.0 Å². The molecular formula is C14H23NaO5S2. The van der Waals surface area contributed by atoms with Crippen LogP contribution in [0.1, 0.15) is 46.4 Å². The van der Waals surface area contributed by atoms with Crippen LogP contribution >= 0.6 is 11.3 Å². The number of fused-ring (bicyclic) bond motifs is 1. The Labute approximate surface area is 159 Å². The third-order valence-electron chi connectivity index (χ3n) is 3.49. The van der Waals surface area contributed by atoms with Gasteiger partial charge in [0.05, 0.1) is 5.75 Å². The van der Waals surface area contributed by atoms with E-state index >= 15 is 0 Å². The molecule has 2 rings (SSSR count). The molecule has 22 heavy (non-hydrogen) atoms. The van der Waals surface area contributed by atoms with Crippen molar-refractivity contribution in [2.24, 2.45) is 0 Å². The summed E-state index contributed by atoms with van der Waals surface area (Å²) in [7, 11) is -3.79. The molecule has 0 aliphatic carbocycles. The SMILES string of the molecule is O=S(=O)(O)CCCCCCCCC1COc2cscc2O1.[H-].[Na+]. The standard InChI is InChI=1S/C14H22O5S2.Na.H/c15-21(16,17)8-6-4-2-1-3-5-7-12-9-18-13-10-20-11-14(13)19-12;;/h10-12H,1-9H2,(H,15,16,17);;/q;+1;-1. The molecule has 1 N–H and O–H groups in total. The van der Waals surface area contributed by atoms with Crippen LogP contribution < -0.4 is 39.0 Å². The average Bonchev–Trinajstić information content (AvgIpc) is 2.88. The van der Waals surface area contributed by atoms with Crippen molar-refractivity contribution >= 4 is 21.5 Å². The maximum Gasteiger partial charge on any atom is 1.00 e. The van der Waals surface area contributed by atoms with Crippen LogP contribution in [0, 0.1) is 0 Å². The molecule has 0 aromatic carbocycles. The van der Waals surface area contributed by atoms with Gasteiger partial charge in [0.2, 0.25) is 0 Å². The monoisotopic (exact) mass is 358 g/mol. The normalized spacial score (nSPS) is 17.0. The van der Waals surface area contributed by atoms with E-state index in [1.54, 1.807) is 11.3 Å². The van der Waals surface area contributed by atoms with E-state index in [0.29, 0.717) is 13.0 Å². The molecule has 0 saturated heterocycles. The minimum atomic E-state index is -3.79. The average molecular weight is 358 g/mol. The van der Waals surface area contributed by atoms with Crippen LogP contribution in [-0.4, -0.2) is 31.4 Å². The number of thiophene rings is 1. The molecule has 1 aromatic rings. The largest absolute Gasteiger partial charge is 1.00 e. The zero-order chi connectivity index (χ0) is 15.1. The Balaban J connectivity index is 0.00000242. The van der Waals surface area contributed by atoms with E-state index in [1.807, 2.05) is 10.8 Å². The van der Waals surface area contributed by atoms with Crippen molar-refractivity contribution in [3.8, 4) is 11.5 Å². The van der Waals surface area contributed by atoms with Crippen LogP contribution in [0.5, 0.6) is 11.5 Å². The molecule has 0 bridgehead atoms. The van der Waals surface area contributed by atoms with Gasteiger partial charge in [0.15, 0.2) is 11.5 Å². The van der Waals surface area contributed by atoms with Crippen molar-refractivity contribution in [2.75, 3.05) is 12.4 Å². The van der Waals surface area contributed by atoms with Crippen molar-refractivity contribution in [1.29, 1.82) is 0 Å². The quantitative estimate of drug-likeness (QED) is 0.398. The zero-order valence-electron chi connectivity index (χ0n) is 14.0. The molecule has 8 heteroatoms. The molecule has 1 aromatic heterocycles. The molecule has 1 aliphatic heterocycles. The third kappa shape index (κ3) is 7.66. The summed E-state index contributed by atoms with van der Waals surface area (Å²) in [6.45, 7) is 0.623. The van der Waals surface area contributed by atoms with E-state index in [-0.39, 0.29) is 42.8 Å². The second-order valence-electron chi connectivity index (χ2n) is 5.35. The van der Waals surface area contributed by atoms with E-state index in [1.165, 1.54) is 0 Å². The number of unbranched alkanes of at least 4 members (excludes halogenated alkanes) is 5. The van der Waals surface area contributed by atoms with Gasteiger partial charge in [-0.3, -0.25) is 4.55 Å². The summed E-state index contributed by atoms with van der Waals surface area (Å²) in [5.74, 6) is 1.60. The summed E-state index contributed by atoms with van der Waals surface area (Å²) >= 11 is 1.59. The topological polar surface area (TPSA) is 72.8 Å². The summed E-state index contributed by atoms with van der Waals surface area (Å²) in [6.07, 6.45) is 6.82. The van der Waals surface area contributed by atoms with E-state index in [2.05, 4.69) is 0 Å². The fourth-order valence-electron chi connectivity index (χ4n) is 2.37. The Morgan fingerprint density at radius 3 is 2.50 bits per heavy atom. The molecule has 0 spiro atoms. The van der Waals surface area contributed by atoms with Gasteiger partial charge >= 0.3 is 29.6 Å². The molecule has 5 nitrogen and oxygen atoms in total. The van der Waals surface area contributed by atoms with E-state index in [0.717, 1.165) is 50.0 Å². The molecule has 2 heterocycles. The van der Waals surface area contributed by atoms with Gasteiger partial charge < -0.3 is 10.9 Å². The predicted molar refractivity (Wildman–Crippen MR) is 84.1 cm³/mol. The van der Waals surface area contributed by atoms with Gasteiger partial charge in [-0.25, -0.2) is 0 Å². The first-order chi connectivity index (χ1) is 10.0. The number of ether oxygens (including phenoxy) is 2. The minimum absolute atomic E-state index is 0. The molecule has 0 radical (unpaired) electrons. The summed E-state index contributed by atoms with van der Waals surface area (Å²) < 4.78 is 41.2. The summed E-state index contributed by atoms with van der Waals surface area (Å²) in [6, 6.07) is 0. The molecule has 1 atom stereocenters. The Kier molecular flexibility index (Phi) is 9.35. The van der Waals surface area contributed by atoms with Crippen LogP contribution in [0.15, 0.2) is 10.8 Å². The first-order valence-corrected chi connectivity index (χ1v) is 9.90. The maximum absolute atomic E-state index is 10.5. The van der Waals surface area contributed by atoms with Gasteiger partial charge in [-0.05, 0) is 19.3 Å². The number of hydrogen-bond acceptors (Lipinski definition) is 5. The van der Waals surface area contributed by atoms with Crippen molar-refractivity contribution < 1.29 is 53.4 Å². The third-order valence-corrected chi connectivity index (χ3v) is 4.99. The summed E-state index contributed by atoms with van der Waals surface area (Å²) in [5, 5.41) is 3.93. The van der Waals surface area contributed by atoms with Crippen LogP contribution in [0.2, 0.25) is 0 Å². The molecule has 122 valence electrons. The van der Waals surface area contributed by atoms with E-state index < -0.39 is 10.1 Å². The Morgan fingerprint density at radius 2 is 1.77 bits per heavy atom. The second kappa shape index (κ2) is 10.2. The van der Waals surface area contributed by atoms with Gasteiger partial charge in [-0.2, -0.15) is 8.42 Å². The van der Waals surface area contributed by atoms with Crippen LogP contribution in [0.4, 0.5) is 0 Å². The Bertz CT molecular complexity index is 535. The Hall–Kier alpha value is 0.210. The molecule has 1 aliphatic rings. The first-order valence-electron chi connectivity index (χ1n) is 7.35. The van der Waals surface area contributed by atoms with Crippen molar-refractivity contribution in [1.82, 2.24) is 0 Å². The van der Waals surface area contributed by atoms with Crippen LogP contribution in [0.25, 0.3) is 0 Å². The number of hydrogen-bond donors (Lipinski definition) is 1. The Morgan fingerprint density at radius 1 is 1.14 bits per heavy atom. The fraction of sp³-hybridized carbons (Fsp3) is 0.714. The van der Waals surface area contributed by atoms with Crippen LogP contribution in [-0.2, 0) is 10.1 Å². The maximum atomic E-state index is 10.5. The zero-order valence-corrected chi connectivity index (χ0v) is 16.6. The molecule has 0 fully saturated rings. The van der Waals surface area contributed by atoms with Gasteiger partial charge in [0.1, 0.15) is 12.7 Å². The summed E-state index contributed by atoms with van der Waals surface area (Å²) in [4.78, 5) is 0. The van der Waals surface area contributed by atoms with E-state index in [9.17, 15) is 8.42 Å².